The molecule has 12 heavy (non-hydrogen) atoms. The highest BCUT2D eigenvalue weighted by Crippen LogP contribution is 2.05. The molecular formula is C9H9NOS. The molecule has 0 unspecified atom stereocenters. The van der Waals surface area contributed by atoms with Crippen LogP contribution in [0.15, 0.2) is 24.3 Å². The van der Waals surface area contributed by atoms with Crippen molar-refractivity contribution in [3.63, 3.8) is 0 Å². The number of benzene rings is 1. The summed E-state index contributed by atoms with van der Waals surface area (Å²) in [7, 11) is 1.60. The van der Waals surface area contributed by atoms with E-state index in [1.165, 1.54) is 5.37 Å². The molecule has 1 N–H and O–H groups in total. The van der Waals surface area contributed by atoms with E-state index < -0.39 is 0 Å². The van der Waals surface area contributed by atoms with Crippen molar-refractivity contribution in [2.75, 3.05) is 7.05 Å². The first-order valence-corrected chi connectivity index (χ1v) is 4.03. The number of hydrogen-bond acceptors (Lipinski definition) is 2. The molecule has 0 aliphatic heterocycles. The Balaban J connectivity index is 3.13. The van der Waals surface area contributed by atoms with Crippen LogP contribution in [0.1, 0.15) is 15.9 Å². The quantitative estimate of drug-likeness (QED) is 0.695. The van der Waals surface area contributed by atoms with Gasteiger partial charge in [-0.1, -0.05) is 30.4 Å². The van der Waals surface area contributed by atoms with Crippen molar-refractivity contribution in [3.05, 3.63) is 35.4 Å². The highest BCUT2D eigenvalue weighted by Gasteiger charge is 2.05. The lowest BCUT2D eigenvalue weighted by molar-refractivity contribution is 0.0963. The molecule has 0 spiro atoms. The van der Waals surface area contributed by atoms with Gasteiger partial charge in [-0.25, -0.2) is 0 Å². The van der Waals surface area contributed by atoms with Gasteiger partial charge in [-0.2, -0.15) is 0 Å². The van der Waals surface area contributed by atoms with Crippen LogP contribution in [0, 0.1) is 0 Å². The fourth-order valence-corrected chi connectivity index (χ4v) is 1.15. The summed E-state index contributed by atoms with van der Waals surface area (Å²) in [5.74, 6) is -0.105. The SMILES string of the molecule is CNC(=O)c1ccccc1C=S. The first-order chi connectivity index (χ1) is 5.79. The van der Waals surface area contributed by atoms with Gasteiger partial charge < -0.3 is 5.32 Å². The van der Waals surface area contributed by atoms with Gasteiger partial charge in [0, 0.05) is 18.0 Å². The Kier molecular flexibility index (Phi) is 2.94. The normalized spacial score (nSPS) is 9.08. The number of carbonyl (C=O) groups is 1. The van der Waals surface area contributed by atoms with Crippen LogP contribution in [0.3, 0.4) is 0 Å². The van der Waals surface area contributed by atoms with Crippen molar-refractivity contribution in [3.8, 4) is 0 Å². The predicted molar refractivity (Wildman–Crippen MR) is 52.6 cm³/mol. The van der Waals surface area contributed by atoms with Gasteiger partial charge in [0.15, 0.2) is 0 Å². The van der Waals surface area contributed by atoms with Crippen molar-refractivity contribution in [2.45, 2.75) is 0 Å². The third kappa shape index (κ3) is 1.68. The number of carbonyl (C=O) groups excluding carboxylic acids is 1. The van der Waals surface area contributed by atoms with Crippen LogP contribution in [-0.4, -0.2) is 18.3 Å². The summed E-state index contributed by atoms with van der Waals surface area (Å²) in [6, 6.07) is 7.23. The lowest BCUT2D eigenvalue weighted by Crippen LogP contribution is -2.19. The Morgan fingerprint density at radius 1 is 1.50 bits per heavy atom. The molecule has 0 aliphatic rings. The van der Waals surface area contributed by atoms with E-state index in [9.17, 15) is 4.79 Å². The Morgan fingerprint density at radius 2 is 2.17 bits per heavy atom. The number of amides is 1. The maximum Gasteiger partial charge on any atom is 0.251 e. The molecule has 0 aliphatic carbocycles. The molecule has 0 fully saturated rings. The predicted octanol–water partition coefficient (Wildman–Crippen LogP) is 1.39. The van der Waals surface area contributed by atoms with Gasteiger partial charge in [0.1, 0.15) is 0 Å². The van der Waals surface area contributed by atoms with E-state index in [1.54, 1.807) is 13.1 Å². The van der Waals surface area contributed by atoms with E-state index in [0.29, 0.717) is 5.56 Å². The fourth-order valence-electron chi connectivity index (χ4n) is 0.941. The van der Waals surface area contributed by atoms with E-state index in [2.05, 4.69) is 5.32 Å². The molecule has 0 saturated carbocycles. The summed E-state index contributed by atoms with van der Waals surface area (Å²) in [6.07, 6.45) is 0. The van der Waals surface area contributed by atoms with E-state index in [1.807, 2.05) is 18.2 Å². The number of rotatable bonds is 2. The third-order valence-electron chi connectivity index (χ3n) is 1.56. The molecule has 0 heterocycles. The molecule has 0 atom stereocenters. The minimum Gasteiger partial charge on any atom is -0.355 e. The van der Waals surface area contributed by atoms with E-state index >= 15 is 0 Å². The third-order valence-corrected chi connectivity index (χ3v) is 1.81. The average molecular weight is 179 g/mol. The standard InChI is InChI=1S/C9H9NOS/c1-10-9(11)8-5-3-2-4-7(8)6-12/h2-6H,1H3,(H,10,11). The van der Waals surface area contributed by atoms with Gasteiger partial charge in [-0.3, -0.25) is 4.79 Å². The Bertz CT molecular complexity index is 309. The zero-order valence-electron chi connectivity index (χ0n) is 6.70. The maximum atomic E-state index is 11.2. The highest BCUT2D eigenvalue weighted by atomic mass is 32.1. The fraction of sp³-hybridized carbons (Fsp3) is 0.111. The molecule has 62 valence electrons. The van der Waals surface area contributed by atoms with E-state index in [4.69, 9.17) is 12.2 Å². The summed E-state index contributed by atoms with van der Waals surface area (Å²) >= 11 is 4.77. The van der Waals surface area contributed by atoms with Gasteiger partial charge in [-0.15, -0.1) is 0 Å². The molecule has 0 saturated heterocycles. The van der Waals surface area contributed by atoms with Gasteiger partial charge in [0.2, 0.25) is 0 Å². The second-order valence-corrected chi connectivity index (χ2v) is 2.52. The Morgan fingerprint density at radius 3 is 2.75 bits per heavy atom. The van der Waals surface area contributed by atoms with Crippen molar-refractivity contribution < 1.29 is 4.79 Å². The second kappa shape index (κ2) is 3.97. The summed E-state index contributed by atoms with van der Waals surface area (Å²) in [5.41, 5.74) is 1.40. The van der Waals surface area contributed by atoms with Gasteiger partial charge in [-0.05, 0) is 11.6 Å². The monoisotopic (exact) mass is 179 g/mol. The molecule has 1 rings (SSSR count). The van der Waals surface area contributed by atoms with Crippen LogP contribution in [0.5, 0.6) is 0 Å². The van der Waals surface area contributed by atoms with Crippen LogP contribution in [0.25, 0.3) is 0 Å². The molecule has 3 heteroatoms. The van der Waals surface area contributed by atoms with Crippen molar-refractivity contribution in [2.24, 2.45) is 0 Å². The second-order valence-electron chi connectivity index (χ2n) is 2.28. The first kappa shape index (κ1) is 8.87. The van der Waals surface area contributed by atoms with E-state index in [-0.39, 0.29) is 5.91 Å². The molecule has 0 bridgehead atoms. The minimum absolute atomic E-state index is 0.105. The zero-order valence-corrected chi connectivity index (χ0v) is 7.52. The molecule has 0 aromatic heterocycles. The van der Waals surface area contributed by atoms with E-state index in [0.717, 1.165) is 5.56 Å². The topological polar surface area (TPSA) is 29.1 Å². The van der Waals surface area contributed by atoms with Crippen molar-refractivity contribution in [1.82, 2.24) is 5.32 Å². The summed E-state index contributed by atoms with van der Waals surface area (Å²) in [6.45, 7) is 0. The number of nitrogens with one attached hydrogen (secondary N) is 1. The zero-order chi connectivity index (χ0) is 8.97. The minimum atomic E-state index is -0.105. The summed E-state index contributed by atoms with van der Waals surface area (Å²) in [4.78, 5) is 11.2. The highest BCUT2D eigenvalue weighted by molar-refractivity contribution is 7.79. The lowest BCUT2D eigenvalue weighted by atomic mass is 10.1. The Hall–Kier alpha value is -1.22. The van der Waals surface area contributed by atoms with Crippen LogP contribution >= 0.6 is 12.2 Å². The molecule has 0 radical (unpaired) electrons. The average Bonchev–Trinajstić information content (AvgIpc) is 2.16. The number of hydrogen-bond donors (Lipinski definition) is 1. The van der Waals surface area contributed by atoms with Crippen LogP contribution < -0.4 is 5.32 Å². The Labute approximate surface area is 76.6 Å². The number of thiocarbonyl (C=S) groups is 1. The maximum absolute atomic E-state index is 11.2. The van der Waals surface area contributed by atoms with Gasteiger partial charge in [0.25, 0.3) is 5.91 Å². The molecular weight excluding hydrogens is 170 g/mol. The lowest BCUT2D eigenvalue weighted by Gasteiger charge is -2.01. The summed E-state index contributed by atoms with van der Waals surface area (Å²) < 4.78 is 0. The molecule has 1 aromatic rings. The molecule has 1 amide bonds. The van der Waals surface area contributed by atoms with Crippen molar-refractivity contribution in [1.29, 1.82) is 0 Å². The first-order valence-electron chi connectivity index (χ1n) is 3.56. The summed E-state index contributed by atoms with van der Waals surface area (Å²) in [5, 5.41) is 4.06. The van der Waals surface area contributed by atoms with Crippen LogP contribution in [-0.2, 0) is 0 Å². The van der Waals surface area contributed by atoms with Crippen LogP contribution in [0.2, 0.25) is 0 Å². The van der Waals surface area contributed by atoms with Gasteiger partial charge >= 0.3 is 0 Å². The smallest absolute Gasteiger partial charge is 0.251 e. The molecule has 2 nitrogen and oxygen atoms in total. The van der Waals surface area contributed by atoms with Gasteiger partial charge in [0.05, 0.1) is 0 Å². The largest absolute Gasteiger partial charge is 0.355 e. The van der Waals surface area contributed by atoms with Crippen LogP contribution in [0.4, 0.5) is 0 Å². The molecule has 1 aromatic carbocycles. The van der Waals surface area contributed by atoms with Crippen molar-refractivity contribution >= 4 is 23.5 Å².